The Kier molecular flexibility index (Phi) is 2.87. The van der Waals surface area contributed by atoms with Crippen LogP contribution in [0.5, 0.6) is 0 Å². The first kappa shape index (κ1) is 7.73. The topological polar surface area (TPSA) is 21.6 Å². The lowest BCUT2D eigenvalue weighted by Crippen LogP contribution is -2.26. The zero-order valence-corrected chi connectivity index (χ0v) is 6.76. The Morgan fingerprint density at radius 3 is 2.80 bits per heavy atom. The Labute approximate surface area is 62.3 Å². The largest absolute Gasteiger partial charge is 0.376 e. The number of hydrogen-bond acceptors (Lipinski definition) is 2. The molecule has 0 bridgehead atoms. The van der Waals surface area contributed by atoms with Crippen LogP contribution in [0.25, 0.3) is 0 Å². The Hall–Kier alpha value is -0.370. The van der Waals surface area contributed by atoms with E-state index < -0.39 is 0 Å². The highest BCUT2D eigenvalue weighted by atomic mass is 16.5. The molecule has 0 heterocycles. The summed E-state index contributed by atoms with van der Waals surface area (Å²) >= 11 is 0. The molecule has 10 heavy (non-hydrogen) atoms. The maximum Gasteiger partial charge on any atom is 0.0947 e. The van der Waals surface area contributed by atoms with Crippen LogP contribution in [-0.2, 0) is 4.74 Å². The lowest BCUT2D eigenvalue weighted by atomic mass is 9.95. The first-order valence-corrected chi connectivity index (χ1v) is 3.87. The summed E-state index contributed by atoms with van der Waals surface area (Å²) in [5.74, 6) is 0. The van der Waals surface area contributed by atoms with E-state index in [4.69, 9.17) is 4.74 Å². The number of ether oxygens (including phenoxy) is 1. The summed E-state index contributed by atoms with van der Waals surface area (Å²) in [6, 6.07) is 0. The lowest BCUT2D eigenvalue weighted by Gasteiger charge is -2.22. The molecule has 1 saturated carbocycles. The number of hydrogen-bond donors (Lipinski definition) is 0. The molecule has 1 unspecified atom stereocenters. The minimum Gasteiger partial charge on any atom is -0.376 e. The number of nitrogens with zero attached hydrogens (tertiary/aromatic N) is 1. The normalized spacial score (nSPS) is 31.0. The monoisotopic (exact) mass is 141 g/mol. The van der Waals surface area contributed by atoms with Crippen LogP contribution in [0.2, 0.25) is 0 Å². The first-order chi connectivity index (χ1) is 4.88. The van der Waals surface area contributed by atoms with Gasteiger partial charge in [0, 0.05) is 19.9 Å². The van der Waals surface area contributed by atoms with E-state index in [1.54, 1.807) is 7.11 Å². The van der Waals surface area contributed by atoms with Crippen molar-refractivity contribution in [1.82, 2.24) is 0 Å². The van der Waals surface area contributed by atoms with E-state index in [-0.39, 0.29) is 0 Å². The maximum absolute atomic E-state index is 5.26. The summed E-state index contributed by atoms with van der Waals surface area (Å²) in [5, 5.41) is 0. The fourth-order valence-electron chi connectivity index (χ4n) is 1.47. The smallest absolute Gasteiger partial charge is 0.0947 e. The van der Waals surface area contributed by atoms with E-state index in [0.29, 0.717) is 6.10 Å². The molecule has 2 nitrogen and oxygen atoms in total. The standard InChI is InChI=1S/C8H15NO/c1-9-7-5-3-4-6-8(7)10-2/h8H,3-6H2,1-2H3. The zero-order valence-electron chi connectivity index (χ0n) is 6.76. The maximum atomic E-state index is 5.26. The van der Waals surface area contributed by atoms with Crippen molar-refractivity contribution >= 4 is 5.71 Å². The number of aliphatic imine (C=N–C) groups is 1. The van der Waals surface area contributed by atoms with Crippen molar-refractivity contribution in [1.29, 1.82) is 0 Å². The van der Waals surface area contributed by atoms with Gasteiger partial charge >= 0.3 is 0 Å². The van der Waals surface area contributed by atoms with Crippen LogP contribution in [0.3, 0.4) is 0 Å². The minimum absolute atomic E-state index is 0.318. The molecule has 1 rings (SSSR count). The molecule has 0 spiro atoms. The zero-order chi connectivity index (χ0) is 7.40. The molecule has 1 aliphatic carbocycles. The van der Waals surface area contributed by atoms with Crippen LogP contribution in [0.1, 0.15) is 25.7 Å². The number of methoxy groups -OCH3 is 1. The fourth-order valence-corrected chi connectivity index (χ4v) is 1.47. The van der Waals surface area contributed by atoms with E-state index in [0.717, 1.165) is 12.8 Å². The molecule has 58 valence electrons. The van der Waals surface area contributed by atoms with Crippen LogP contribution >= 0.6 is 0 Å². The Balaban J connectivity index is 2.50. The van der Waals surface area contributed by atoms with E-state index in [9.17, 15) is 0 Å². The van der Waals surface area contributed by atoms with Crippen molar-refractivity contribution in [2.24, 2.45) is 4.99 Å². The SMILES string of the molecule is CN=C1CCCCC1OC. The van der Waals surface area contributed by atoms with Crippen molar-refractivity contribution in [2.75, 3.05) is 14.2 Å². The molecule has 0 saturated heterocycles. The average molecular weight is 141 g/mol. The molecule has 1 fully saturated rings. The molecule has 1 aliphatic rings. The van der Waals surface area contributed by atoms with Gasteiger partial charge in [0.1, 0.15) is 0 Å². The second kappa shape index (κ2) is 3.71. The fraction of sp³-hybridized carbons (Fsp3) is 0.875. The summed E-state index contributed by atoms with van der Waals surface area (Å²) in [5.41, 5.74) is 1.24. The van der Waals surface area contributed by atoms with Gasteiger partial charge in [0.2, 0.25) is 0 Å². The molecule has 2 heteroatoms. The summed E-state index contributed by atoms with van der Waals surface area (Å²) in [7, 11) is 3.62. The molecule has 1 atom stereocenters. The summed E-state index contributed by atoms with van der Waals surface area (Å²) in [6.45, 7) is 0. The average Bonchev–Trinajstić information content (AvgIpc) is 2.04. The van der Waals surface area contributed by atoms with Gasteiger partial charge in [-0.25, -0.2) is 0 Å². The van der Waals surface area contributed by atoms with Crippen LogP contribution < -0.4 is 0 Å². The summed E-state index contributed by atoms with van der Waals surface area (Å²) in [4.78, 5) is 4.19. The Morgan fingerprint density at radius 2 is 2.30 bits per heavy atom. The summed E-state index contributed by atoms with van der Waals surface area (Å²) < 4.78 is 5.26. The van der Waals surface area contributed by atoms with E-state index in [2.05, 4.69) is 4.99 Å². The second-order valence-corrected chi connectivity index (χ2v) is 2.69. The van der Waals surface area contributed by atoms with Gasteiger partial charge in [0.05, 0.1) is 6.10 Å². The van der Waals surface area contributed by atoms with Gasteiger partial charge in [-0.15, -0.1) is 0 Å². The van der Waals surface area contributed by atoms with Crippen molar-refractivity contribution < 1.29 is 4.74 Å². The van der Waals surface area contributed by atoms with E-state index in [1.165, 1.54) is 18.6 Å². The van der Waals surface area contributed by atoms with E-state index in [1.807, 2.05) is 7.05 Å². The molecular formula is C8H15NO. The molecule has 0 aromatic heterocycles. The van der Waals surface area contributed by atoms with Crippen LogP contribution in [-0.4, -0.2) is 26.0 Å². The van der Waals surface area contributed by atoms with Crippen LogP contribution in [0.15, 0.2) is 4.99 Å². The third-order valence-electron chi connectivity index (χ3n) is 2.09. The molecule has 0 aliphatic heterocycles. The predicted octanol–water partition coefficient (Wildman–Crippen LogP) is 1.65. The minimum atomic E-state index is 0.318. The molecule has 0 amide bonds. The predicted molar refractivity (Wildman–Crippen MR) is 42.6 cm³/mol. The van der Waals surface area contributed by atoms with Crippen molar-refractivity contribution in [3.05, 3.63) is 0 Å². The number of rotatable bonds is 1. The lowest BCUT2D eigenvalue weighted by molar-refractivity contribution is 0.138. The highest BCUT2D eigenvalue weighted by molar-refractivity contribution is 5.89. The molecular weight excluding hydrogens is 126 g/mol. The highest BCUT2D eigenvalue weighted by Gasteiger charge is 2.18. The van der Waals surface area contributed by atoms with Gasteiger partial charge in [0.15, 0.2) is 0 Å². The highest BCUT2D eigenvalue weighted by Crippen LogP contribution is 2.17. The van der Waals surface area contributed by atoms with Crippen molar-refractivity contribution in [2.45, 2.75) is 31.8 Å². The van der Waals surface area contributed by atoms with Gasteiger partial charge < -0.3 is 4.74 Å². The molecule has 0 aromatic carbocycles. The third-order valence-corrected chi connectivity index (χ3v) is 2.09. The van der Waals surface area contributed by atoms with Crippen LogP contribution in [0.4, 0.5) is 0 Å². The van der Waals surface area contributed by atoms with Gasteiger partial charge in [-0.2, -0.15) is 0 Å². The molecule has 0 aromatic rings. The Bertz CT molecular complexity index is 131. The van der Waals surface area contributed by atoms with Crippen molar-refractivity contribution in [3.8, 4) is 0 Å². The van der Waals surface area contributed by atoms with E-state index >= 15 is 0 Å². The molecule has 0 N–H and O–H groups in total. The van der Waals surface area contributed by atoms with Gasteiger partial charge in [0.25, 0.3) is 0 Å². The summed E-state index contributed by atoms with van der Waals surface area (Å²) in [6.07, 6.45) is 5.18. The van der Waals surface area contributed by atoms with Gasteiger partial charge in [-0.1, -0.05) is 6.42 Å². The Morgan fingerprint density at radius 1 is 1.50 bits per heavy atom. The van der Waals surface area contributed by atoms with Crippen LogP contribution in [0, 0.1) is 0 Å². The third kappa shape index (κ3) is 1.57. The quantitative estimate of drug-likeness (QED) is 0.544. The van der Waals surface area contributed by atoms with Gasteiger partial charge in [-0.3, -0.25) is 4.99 Å². The van der Waals surface area contributed by atoms with Gasteiger partial charge in [-0.05, 0) is 19.3 Å². The van der Waals surface area contributed by atoms with Crippen molar-refractivity contribution in [3.63, 3.8) is 0 Å². The first-order valence-electron chi connectivity index (χ1n) is 3.87. The molecule has 0 radical (unpaired) electrons. The second-order valence-electron chi connectivity index (χ2n) is 2.69.